The van der Waals surface area contributed by atoms with Gasteiger partial charge in [-0.05, 0) is 20.2 Å². The van der Waals surface area contributed by atoms with Crippen molar-refractivity contribution in [1.29, 1.82) is 0 Å². The molecule has 7 N–H and O–H groups in total. The normalized spacial score (nSPS) is 13.3. The summed E-state index contributed by atoms with van der Waals surface area (Å²) in [7, 11) is 4.59. The first-order chi connectivity index (χ1) is 12.0. The molecule has 1 aromatic heterocycles. The summed E-state index contributed by atoms with van der Waals surface area (Å²) in [5, 5.41) is 73.5. The van der Waals surface area contributed by atoms with E-state index in [4.69, 9.17) is 4.74 Å². The summed E-state index contributed by atoms with van der Waals surface area (Å²) < 4.78 is 6.52. The maximum absolute atomic E-state index is 10.2. The summed E-state index contributed by atoms with van der Waals surface area (Å²) in [6.07, 6.45) is -0.225. The molecule has 1 atom stereocenters. The van der Waals surface area contributed by atoms with Gasteiger partial charge in [-0.3, -0.25) is 4.68 Å². The lowest BCUT2D eigenvalue weighted by molar-refractivity contribution is -0.354. The largest absolute Gasteiger partial charge is 0.504 e. The number of aliphatic hydroxyl groups is 2. The zero-order valence-corrected chi connectivity index (χ0v) is 14.3. The zero-order chi connectivity index (χ0) is 19.8. The molecule has 0 aliphatic heterocycles. The van der Waals surface area contributed by atoms with E-state index in [0.717, 1.165) is 0 Å². The fourth-order valence-electron chi connectivity index (χ4n) is 2.50. The van der Waals surface area contributed by atoms with E-state index in [9.17, 15) is 35.7 Å². The molecule has 0 radical (unpaired) electrons. The third-order valence-corrected chi connectivity index (χ3v) is 3.63. The Balaban J connectivity index is 2.66. The molecule has 0 amide bonds. The molecule has 1 unspecified atom stereocenters. The van der Waals surface area contributed by atoms with Crippen molar-refractivity contribution in [2.75, 3.05) is 20.6 Å². The van der Waals surface area contributed by atoms with Crippen LogP contribution in [0.4, 0.5) is 0 Å². The van der Waals surface area contributed by atoms with Crippen LogP contribution in [-0.4, -0.2) is 77.0 Å². The molecule has 2 rings (SSSR count). The molecule has 26 heavy (non-hydrogen) atoms. The highest BCUT2D eigenvalue weighted by molar-refractivity contribution is 5.68. The number of phenols is 5. The van der Waals surface area contributed by atoms with Crippen LogP contribution in [0.2, 0.25) is 0 Å². The summed E-state index contributed by atoms with van der Waals surface area (Å²) in [6, 6.07) is 1.40. The SMILES string of the molecule is CN(C)CC(O)(O)OC(c1c(O)c(O)c(O)c(O)c1O)c1ccnn1C. The number of hydrogen-bond acceptors (Lipinski definition) is 10. The van der Waals surface area contributed by atoms with Gasteiger partial charge in [0, 0.05) is 13.2 Å². The predicted octanol–water partition coefficient (Wildman–Crippen LogP) is -0.746. The molecule has 0 fully saturated rings. The average molecular weight is 371 g/mol. The average Bonchev–Trinajstić information content (AvgIpc) is 2.94. The predicted molar refractivity (Wildman–Crippen MR) is 86.6 cm³/mol. The van der Waals surface area contributed by atoms with E-state index in [1.54, 1.807) is 14.1 Å². The second-order valence-electron chi connectivity index (χ2n) is 6.02. The van der Waals surface area contributed by atoms with E-state index >= 15 is 0 Å². The Hall–Kier alpha value is -2.73. The van der Waals surface area contributed by atoms with Crippen molar-refractivity contribution in [3.63, 3.8) is 0 Å². The Kier molecular flexibility index (Phi) is 5.18. The summed E-state index contributed by atoms with van der Waals surface area (Å²) in [5.74, 6) is -8.12. The molecular formula is C15H21N3O8. The molecule has 0 bridgehead atoms. The molecule has 0 saturated carbocycles. The van der Waals surface area contributed by atoms with Crippen LogP contribution in [0.5, 0.6) is 28.7 Å². The van der Waals surface area contributed by atoms with Crippen molar-refractivity contribution >= 4 is 0 Å². The van der Waals surface area contributed by atoms with E-state index in [1.807, 2.05) is 0 Å². The number of hydrogen-bond donors (Lipinski definition) is 7. The van der Waals surface area contributed by atoms with Gasteiger partial charge in [-0.1, -0.05) is 0 Å². The molecular weight excluding hydrogens is 350 g/mol. The van der Waals surface area contributed by atoms with Gasteiger partial charge >= 0.3 is 0 Å². The molecule has 2 aromatic rings. The molecule has 0 aliphatic rings. The number of ether oxygens (including phenoxy) is 1. The molecule has 0 aliphatic carbocycles. The summed E-state index contributed by atoms with van der Waals surface area (Å²) >= 11 is 0. The Labute approximate surface area is 148 Å². The molecule has 0 spiro atoms. The molecule has 1 aromatic carbocycles. The second kappa shape index (κ2) is 6.88. The van der Waals surface area contributed by atoms with Gasteiger partial charge in [-0.2, -0.15) is 5.10 Å². The fraction of sp³-hybridized carbons (Fsp3) is 0.400. The minimum Gasteiger partial charge on any atom is -0.504 e. The summed E-state index contributed by atoms with van der Waals surface area (Å²) in [6.45, 7) is -0.376. The highest BCUT2D eigenvalue weighted by atomic mass is 16.8. The van der Waals surface area contributed by atoms with Crippen LogP contribution in [0, 0.1) is 0 Å². The summed E-state index contributed by atoms with van der Waals surface area (Å²) in [5.41, 5.74) is -0.445. The first-order valence-electron chi connectivity index (χ1n) is 7.40. The Morgan fingerprint density at radius 3 is 1.96 bits per heavy atom. The van der Waals surface area contributed by atoms with Gasteiger partial charge in [0.15, 0.2) is 11.5 Å². The van der Waals surface area contributed by atoms with Gasteiger partial charge in [0.1, 0.15) is 6.10 Å². The molecule has 144 valence electrons. The van der Waals surface area contributed by atoms with Gasteiger partial charge in [0.25, 0.3) is 5.97 Å². The van der Waals surface area contributed by atoms with Crippen molar-refractivity contribution in [3.05, 3.63) is 23.5 Å². The number of aromatic hydroxyl groups is 5. The van der Waals surface area contributed by atoms with Crippen molar-refractivity contribution in [2.45, 2.75) is 12.1 Å². The van der Waals surface area contributed by atoms with Gasteiger partial charge in [-0.25, -0.2) is 0 Å². The summed E-state index contributed by atoms with van der Waals surface area (Å²) in [4.78, 5) is 1.41. The van der Waals surface area contributed by atoms with Gasteiger partial charge in [-0.15, -0.1) is 0 Å². The van der Waals surface area contributed by atoms with Crippen LogP contribution in [0.1, 0.15) is 17.4 Å². The first-order valence-corrected chi connectivity index (χ1v) is 7.40. The highest BCUT2D eigenvalue weighted by Crippen LogP contribution is 2.54. The lowest BCUT2D eigenvalue weighted by Crippen LogP contribution is -2.43. The van der Waals surface area contributed by atoms with Gasteiger partial charge < -0.3 is 45.4 Å². The van der Waals surface area contributed by atoms with E-state index in [0.29, 0.717) is 0 Å². The zero-order valence-electron chi connectivity index (χ0n) is 14.3. The molecule has 11 heteroatoms. The Morgan fingerprint density at radius 1 is 1.04 bits per heavy atom. The maximum Gasteiger partial charge on any atom is 0.292 e. The number of aromatic nitrogens is 2. The van der Waals surface area contributed by atoms with Crippen molar-refractivity contribution in [2.24, 2.45) is 7.05 Å². The lowest BCUT2D eigenvalue weighted by Gasteiger charge is -2.30. The number of nitrogens with zero attached hydrogens (tertiary/aromatic N) is 3. The second-order valence-corrected chi connectivity index (χ2v) is 6.02. The quantitative estimate of drug-likeness (QED) is 0.195. The topological polar surface area (TPSA) is 172 Å². The van der Waals surface area contributed by atoms with Crippen molar-refractivity contribution in [3.8, 4) is 28.7 Å². The van der Waals surface area contributed by atoms with Gasteiger partial charge in [0.2, 0.25) is 17.2 Å². The van der Waals surface area contributed by atoms with Crippen LogP contribution in [0.3, 0.4) is 0 Å². The maximum atomic E-state index is 10.2. The monoisotopic (exact) mass is 371 g/mol. The van der Waals surface area contributed by atoms with Crippen LogP contribution in [-0.2, 0) is 11.8 Å². The number of phenolic OH excluding ortho intramolecular Hbond substituents is 5. The molecule has 11 nitrogen and oxygen atoms in total. The Bertz CT molecular complexity index is 773. The fourth-order valence-corrected chi connectivity index (χ4v) is 2.50. The van der Waals surface area contributed by atoms with Crippen LogP contribution >= 0.6 is 0 Å². The first kappa shape index (κ1) is 19.6. The van der Waals surface area contributed by atoms with Crippen LogP contribution < -0.4 is 0 Å². The number of aryl methyl sites for hydroxylation is 1. The smallest absolute Gasteiger partial charge is 0.292 e. The number of likely N-dealkylation sites (N-methyl/N-ethyl adjacent to an activating group) is 1. The van der Waals surface area contributed by atoms with E-state index in [-0.39, 0.29) is 12.2 Å². The lowest BCUT2D eigenvalue weighted by atomic mass is 10.0. The van der Waals surface area contributed by atoms with Crippen LogP contribution in [0.15, 0.2) is 12.3 Å². The third-order valence-electron chi connectivity index (χ3n) is 3.63. The minimum atomic E-state index is -2.74. The van der Waals surface area contributed by atoms with E-state index in [1.165, 1.54) is 28.9 Å². The Morgan fingerprint density at radius 2 is 1.54 bits per heavy atom. The third kappa shape index (κ3) is 3.60. The highest BCUT2D eigenvalue weighted by Gasteiger charge is 2.38. The van der Waals surface area contributed by atoms with Crippen molar-refractivity contribution < 1.29 is 40.5 Å². The number of benzene rings is 1. The van der Waals surface area contributed by atoms with Crippen LogP contribution in [0.25, 0.3) is 0 Å². The van der Waals surface area contributed by atoms with E-state index < -0.39 is 46.4 Å². The van der Waals surface area contributed by atoms with Gasteiger partial charge in [0.05, 0.1) is 17.8 Å². The van der Waals surface area contributed by atoms with Crippen molar-refractivity contribution in [1.82, 2.24) is 14.7 Å². The molecule has 0 saturated heterocycles. The standard InChI is InChI=1S/C15H21N3O8/c1-17(2)6-15(24,25)26-14(7-4-5-16-18(7)3)8-9(19)11(21)13(23)12(22)10(8)20/h4-5,14,19-25H,6H2,1-3H3. The molecule has 1 heterocycles. The number of rotatable bonds is 6. The van der Waals surface area contributed by atoms with E-state index in [2.05, 4.69) is 5.10 Å². The minimum absolute atomic E-state index is 0.145.